The van der Waals surface area contributed by atoms with Crippen molar-refractivity contribution in [3.63, 3.8) is 0 Å². The number of primary sulfonamides is 1. The van der Waals surface area contributed by atoms with Gasteiger partial charge in [0.2, 0.25) is 15.9 Å². The van der Waals surface area contributed by atoms with Crippen molar-refractivity contribution < 1.29 is 13.2 Å². The lowest BCUT2D eigenvalue weighted by Crippen LogP contribution is -2.13. The summed E-state index contributed by atoms with van der Waals surface area (Å²) in [5, 5.41) is 14.9. The van der Waals surface area contributed by atoms with Crippen LogP contribution < -0.4 is 10.5 Å². The number of aromatic nitrogens is 2. The average molecular weight is 356 g/mol. The van der Waals surface area contributed by atoms with Crippen molar-refractivity contribution in [2.45, 2.75) is 11.8 Å². The topological polar surface area (TPSA) is 118 Å². The first-order valence-corrected chi connectivity index (χ1v) is 8.94. The molecule has 25 heavy (non-hydrogen) atoms. The van der Waals surface area contributed by atoms with E-state index in [4.69, 9.17) is 5.14 Å². The Labute approximate surface area is 144 Å². The van der Waals surface area contributed by atoms with Gasteiger partial charge in [0.05, 0.1) is 16.8 Å². The summed E-state index contributed by atoms with van der Waals surface area (Å²) >= 11 is 0. The van der Waals surface area contributed by atoms with E-state index in [9.17, 15) is 13.2 Å². The second-order valence-electron chi connectivity index (χ2n) is 5.46. The summed E-state index contributed by atoms with van der Waals surface area (Å²) in [5.41, 5.74) is 3.22. The first-order valence-electron chi connectivity index (χ1n) is 7.40. The van der Waals surface area contributed by atoms with Gasteiger partial charge in [0.15, 0.2) is 0 Å². The van der Waals surface area contributed by atoms with Gasteiger partial charge in [-0.3, -0.25) is 9.89 Å². The second-order valence-corrected chi connectivity index (χ2v) is 6.99. The van der Waals surface area contributed by atoms with Gasteiger partial charge < -0.3 is 5.32 Å². The van der Waals surface area contributed by atoms with E-state index in [2.05, 4.69) is 15.5 Å². The third kappa shape index (κ3) is 3.59. The van der Waals surface area contributed by atoms with Crippen LogP contribution in [0.4, 0.5) is 5.69 Å². The minimum absolute atomic E-state index is 0.0235. The largest absolute Gasteiger partial charge is 0.326 e. The number of nitrogens with zero attached hydrogens (tertiary/aromatic N) is 1. The molecule has 2 aromatic carbocycles. The molecule has 0 radical (unpaired) electrons. The lowest BCUT2D eigenvalue weighted by Gasteiger charge is -2.09. The number of nitrogens with one attached hydrogen (secondary N) is 2. The van der Waals surface area contributed by atoms with Crippen molar-refractivity contribution in [3.05, 3.63) is 54.7 Å². The number of benzene rings is 2. The Kier molecular flexibility index (Phi) is 4.39. The Hall–Kier alpha value is -2.97. The van der Waals surface area contributed by atoms with E-state index in [-0.39, 0.29) is 10.8 Å². The number of sulfonamides is 1. The van der Waals surface area contributed by atoms with Crippen LogP contribution in [-0.2, 0) is 14.8 Å². The molecular formula is C17H16N4O3S. The molecule has 1 aromatic heterocycles. The van der Waals surface area contributed by atoms with Crippen LogP contribution in [0.1, 0.15) is 6.92 Å². The molecule has 0 aliphatic carbocycles. The van der Waals surface area contributed by atoms with E-state index in [1.54, 1.807) is 36.5 Å². The molecule has 4 N–H and O–H groups in total. The van der Waals surface area contributed by atoms with E-state index in [0.29, 0.717) is 16.9 Å². The summed E-state index contributed by atoms with van der Waals surface area (Å²) < 4.78 is 23.7. The van der Waals surface area contributed by atoms with E-state index in [1.807, 2.05) is 12.1 Å². The summed E-state index contributed by atoms with van der Waals surface area (Å²) in [5.74, 6) is -0.154. The summed E-state index contributed by atoms with van der Waals surface area (Å²) in [6, 6.07) is 13.6. The van der Waals surface area contributed by atoms with Crippen molar-refractivity contribution in [1.29, 1.82) is 0 Å². The Bertz CT molecular complexity index is 1020. The average Bonchev–Trinajstić information content (AvgIpc) is 3.04. The number of nitrogens with two attached hydrogens (primary N) is 1. The van der Waals surface area contributed by atoms with Crippen LogP contribution in [0, 0.1) is 0 Å². The third-order valence-electron chi connectivity index (χ3n) is 3.62. The smallest absolute Gasteiger partial charge is 0.238 e. The van der Waals surface area contributed by atoms with Gasteiger partial charge in [-0.1, -0.05) is 30.3 Å². The number of hydrogen-bond acceptors (Lipinski definition) is 4. The van der Waals surface area contributed by atoms with Crippen molar-refractivity contribution in [1.82, 2.24) is 10.2 Å². The van der Waals surface area contributed by atoms with Crippen LogP contribution in [-0.4, -0.2) is 24.5 Å². The van der Waals surface area contributed by atoms with Crippen LogP contribution in [0.3, 0.4) is 0 Å². The highest BCUT2D eigenvalue weighted by Crippen LogP contribution is 2.33. The number of carbonyl (C=O) groups is 1. The molecule has 1 heterocycles. The van der Waals surface area contributed by atoms with Gasteiger partial charge in [0.25, 0.3) is 0 Å². The van der Waals surface area contributed by atoms with Gasteiger partial charge in [-0.05, 0) is 23.8 Å². The molecule has 7 nitrogen and oxygen atoms in total. The Balaban J connectivity index is 2.07. The zero-order valence-electron chi connectivity index (χ0n) is 13.4. The molecule has 0 bridgehead atoms. The van der Waals surface area contributed by atoms with Crippen molar-refractivity contribution in [2.24, 2.45) is 5.14 Å². The Morgan fingerprint density at radius 2 is 1.76 bits per heavy atom. The van der Waals surface area contributed by atoms with Crippen LogP contribution in [0.25, 0.3) is 22.4 Å². The van der Waals surface area contributed by atoms with E-state index in [1.165, 1.54) is 13.0 Å². The monoisotopic (exact) mass is 356 g/mol. The number of carbonyl (C=O) groups excluding carboxylic acids is 1. The summed E-state index contributed by atoms with van der Waals surface area (Å²) in [7, 11) is -3.87. The van der Waals surface area contributed by atoms with Gasteiger partial charge in [0.1, 0.15) is 0 Å². The fourth-order valence-electron chi connectivity index (χ4n) is 2.57. The zero-order valence-corrected chi connectivity index (χ0v) is 14.2. The molecule has 0 aliphatic heterocycles. The summed E-state index contributed by atoms with van der Waals surface area (Å²) in [4.78, 5) is 11.1. The lowest BCUT2D eigenvalue weighted by atomic mass is 10.0. The SMILES string of the molecule is CC(=O)Nc1ccc(-c2cn[nH]c2-c2ccccc2S(N)(=O)=O)cc1. The summed E-state index contributed by atoms with van der Waals surface area (Å²) in [6.45, 7) is 1.44. The molecule has 0 fully saturated rings. The highest BCUT2D eigenvalue weighted by molar-refractivity contribution is 7.89. The standard InChI is InChI=1S/C17H16N4O3S/c1-11(22)20-13-8-6-12(7-9-13)15-10-19-21-17(15)14-4-2-3-5-16(14)25(18,23)24/h2-10H,1H3,(H,19,21)(H,20,22)(H2,18,23,24). The molecule has 0 atom stereocenters. The van der Waals surface area contributed by atoms with E-state index >= 15 is 0 Å². The minimum atomic E-state index is -3.87. The molecule has 128 valence electrons. The minimum Gasteiger partial charge on any atom is -0.326 e. The van der Waals surface area contributed by atoms with Gasteiger partial charge in [-0.2, -0.15) is 5.10 Å². The van der Waals surface area contributed by atoms with Crippen LogP contribution in [0.5, 0.6) is 0 Å². The summed E-state index contributed by atoms with van der Waals surface area (Å²) in [6.07, 6.45) is 1.61. The van der Waals surface area contributed by atoms with E-state index < -0.39 is 10.0 Å². The van der Waals surface area contributed by atoms with Crippen LogP contribution >= 0.6 is 0 Å². The fourth-order valence-corrected chi connectivity index (χ4v) is 3.31. The van der Waals surface area contributed by atoms with Gasteiger partial charge in [-0.15, -0.1) is 0 Å². The zero-order chi connectivity index (χ0) is 18.0. The molecule has 1 amide bonds. The number of H-pyrrole nitrogens is 1. The number of rotatable bonds is 4. The maximum absolute atomic E-state index is 11.8. The molecule has 8 heteroatoms. The molecule has 0 unspecified atom stereocenters. The van der Waals surface area contributed by atoms with Crippen LogP contribution in [0.15, 0.2) is 59.6 Å². The number of aromatic amines is 1. The van der Waals surface area contributed by atoms with Crippen molar-refractivity contribution in [3.8, 4) is 22.4 Å². The number of hydrogen-bond donors (Lipinski definition) is 3. The molecule has 0 saturated heterocycles. The molecule has 3 aromatic rings. The fraction of sp³-hybridized carbons (Fsp3) is 0.0588. The molecular weight excluding hydrogens is 340 g/mol. The second kappa shape index (κ2) is 6.50. The maximum atomic E-state index is 11.8. The first-order chi connectivity index (χ1) is 11.9. The predicted octanol–water partition coefficient (Wildman–Crippen LogP) is 2.35. The normalized spacial score (nSPS) is 11.3. The Morgan fingerprint density at radius 3 is 2.40 bits per heavy atom. The van der Waals surface area contributed by atoms with Gasteiger partial charge in [-0.25, -0.2) is 13.6 Å². The molecule has 0 aliphatic rings. The molecule has 3 rings (SSSR count). The molecule has 0 spiro atoms. The Morgan fingerprint density at radius 1 is 1.08 bits per heavy atom. The molecule has 0 saturated carbocycles. The maximum Gasteiger partial charge on any atom is 0.238 e. The third-order valence-corrected chi connectivity index (χ3v) is 4.59. The van der Waals surface area contributed by atoms with Gasteiger partial charge in [0, 0.05) is 23.7 Å². The lowest BCUT2D eigenvalue weighted by molar-refractivity contribution is -0.114. The van der Waals surface area contributed by atoms with Crippen molar-refractivity contribution in [2.75, 3.05) is 5.32 Å². The quantitative estimate of drug-likeness (QED) is 0.665. The number of anilines is 1. The predicted molar refractivity (Wildman–Crippen MR) is 95.1 cm³/mol. The van der Waals surface area contributed by atoms with E-state index in [0.717, 1.165) is 11.1 Å². The van der Waals surface area contributed by atoms with Crippen molar-refractivity contribution >= 4 is 21.6 Å². The highest BCUT2D eigenvalue weighted by atomic mass is 32.2. The van der Waals surface area contributed by atoms with Crippen LogP contribution in [0.2, 0.25) is 0 Å². The highest BCUT2D eigenvalue weighted by Gasteiger charge is 2.18. The first kappa shape index (κ1) is 16.9. The van der Waals surface area contributed by atoms with Gasteiger partial charge >= 0.3 is 0 Å². The number of amides is 1.